The molecule has 1 aliphatic rings. The number of hydrogen-bond donors (Lipinski definition) is 1. The maximum atomic E-state index is 13.8. The lowest BCUT2D eigenvalue weighted by molar-refractivity contribution is 0.0940. The second-order valence-electron chi connectivity index (χ2n) is 5.25. The molecule has 0 heterocycles. The molecule has 1 amide bonds. The zero-order chi connectivity index (χ0) is 13.8. The van der Waals surface area contributed by atoms with E-state index in [4.69, 9.17) is 11.6 Å². The fraction of sp³-hybridized carbons (Fsp3) is 0.533. The normalized spacial score (nSPS) is 22.5. The Labute approximate surface area is 118 Å². The summed E-state index contributed by atoms with van der Waals surface area (Å²) in [7, 11) is 0. The summed E-state index contributed by atoms with van der Waals surface area (Å²) in [4.78, 5) is 12.0. The molecular formula is C15H19ClFNO. The van der Waals surface area contributed by atoms with Gasteiger partial charge in [-0.15, -0.1) is 11.6 Å². The predicted molar refractivity (Wildman–Crippen MR) is 75.0 cm³/mol. The van der Waals surface area contributed by atoms with Gasteiger partial charge in [0.15, 0.2) is 0 Å². The van der Waals surface area contributed by atoms with Gasteiger partial charge in [0.05, 0.1) is 5.56 Å². The maximum Gasteiger partial charge on any atom is 0.254 e. The van der Waals surface area contributed by atoms with Crippen molar-refractivity contribution in [3.63, 3.8) is 0 Å². The summed E-state index contributed by atoms with van der Waals surface area (Å²) in [5.74, 6) is 0.777. The van der Waals surface area contributed by atoms with Gasteiger partial charge in [-0.25, -0.2) is 4.39 Å². The Morgan fingerprint density at radius 1 is 1.42 bits per heavy atom. The van der Waals surface area contributed by atoms with E-state index >= 15 is 0 Å². The number of hydrogen-bond acceptors (Lipinski definition) is 1. The van der Waals surface area contributed by atoms with Crippen molar-refractivity contribution in [2.45, 2.75) is 26.2 Å². The van der Waals surface area contributed by atoms with Gasteiger partial charge in [0.1, 0.15) is 5.82 Å². The predicted octanol–water partition coefficient (Wildman–Crippen LogP) is 3.52. The quantitative estimate of drug-likeness (QED) is 0.842. The molecule has 1 aliphatic carbocycles. The summed E-state index contributed by atoms with van der Waals surface area (Å²) in [6, 6.07) is 4.88. The molecule has 0 aromatic heterocycles. The second-order valence-corrected chi connectivity index (χ2v) is 5.56. The summed E-state index contributed by atoms with van der Waals surface area (Å²) < 4.78 is 13.8. The molecule has 2 rings (SSSR count). The lowest BCUT2D eigenvalue weighted by Crippen LogP contribution is -2.31. The molecule has 1 aromatic carbocycles. The number of rotatable bonds is 4. The van der Waals surface area contributed by atoms with Crippen molar-refractivity contribution < 1.29 is 9.18 Å². The van der Waals surface area contributed by atoms with Crippen LogP contribution in [0.1, 0.15) is 35.2 Å². The van der Waals surface area contributed by atoms with Crippen molar-refractivity contribution in [1.29, 1.82) is 0 Å². The summed E-state index contributed by atoms with van der Waals surface area (Å²) in [6.07, 6.45) is 3.38. The molecule has 0 saturated heterocycles. The largest absolute Gasteiger partial charge is 0.352 e. The monoisotopic (exact) mass is 283 g/mol. The fourth-order valence-corrected chi connectivity index (χ4v) is 3.13. The molecule has 2 atom stereocenters. The first kappa shape index (κ1) is 14.3. The van der Waals surface area contributed by atoms with Gasteiger partial charge in [-0.05, 0) is 43.2 Å². The van der Waals surface area contributed by atoms with Crippen molar-refractivity contribution in [2.24, 2.45) is 11.8 Å². The van der Waals surface area contributed by atoms with E-state index in [0.29, 0.717) is 29.8 Å². The van der Waals surface area contributed by atoms with Crippen LogP contribution in [0.4, 0.5) is 4.39 Å². The highest BCUT2D eigenvalue weighted by Gasteiger charge is 2.27. The minimum Gasteiger partial charge on any atom is -0.352 e. The van der Waals surface area contributed by atoms with E-state index in [-0.39, 0.29) is 11.5 Å². The van der Waals surface area contributed by atoms with Gasteiger partial charge in [0.25, 0.3) is 5.91 Å². The van der Waals surface area contributed by atoms with Crippen LogP contribution in [0.15, 0.2) is 18.2 Å². The number of halogens is 2. The SMILES string of the molecule is Cc1cccc(C(=O)NCC2CCCC2CCl)c1F. The Balaban J connectivity index is 1.96. The van der Waals surface area contributed by atoms with Crippen LogP contribution in [-0.4, -0.2) is 18.3 Å². The molecule has 1 fully saturated rings. The van der Waals surface area contributed by atoms with Crippen LogP contribution in [0.3, 0.4) is 0 Å². The third kappa shape index (κ3) is 3.27. The van der Waals surface area contributed by atoms with Crippen LogP contribution >= 0.6 is 11.6 Å². The van der Waals surface area contributed by atoms with Crippen molar-refractivity contribution in [2.75, 3.05) is 12.4 Å². The van der Waals surface area contributed by atoms with E-state index in [9.17, 15) is 9.18 Å². The zero-order valence-corrected chi connectivity index (χ0v) is 11.8. The topological polar surface area (TPSA) is 29.1 Å². The summed E-state index contributed by atoms with van der Waals surface area (Å²) in [5, 5.41) is 2.84. The maximum absolute atomic E-state index is 13.8. The Morgan fingerprint density at radius 2 is 2.16 bits per heavy atom. The van der Waals surface area contributed by atoms with E-state index in [2.05, 4.69) is 5.32 Å². The summed E-state index contributed by atoms with van der Waals surface area (Å²) >= 11 is 5.91. The first-order valence-corrected chi connectivity index (χ1v) is 7.26. The molecule has 1 N–H and O–H groups in total. The highest BCUT2D eigenvalue weighted by molar-refractivity contribution is 6.18. The van der Waals surface area contributed by atoms with Crippen LogP contribution in [0.5, 0.6) is 0 Å². The molecule has 104 valence electrons. The number of nitrogens with one attached hydrogen (secondary N) is 1. The number of aryl methyl sites for hydroxylation is 1. The van der Waals surface area contributed by atoms with Gasteiger partial charge in [-0.1, -0.05) is 18.6 Å². The zero-order valence-electron chi connectivity index (χ0n) is 11.1. The minimum atomic E-state index is -0.430. The Bertz CT molecular complexity index is 463. The Kier molecular flexibility index (Phi) is 4.81. The summed E-state index contributed by atoms with van der Waals surface area (Å²) in [5.41, 5.74) is 0.618. The molecule has 0 spiro atoms. The first-order chi connectivity index (χ1) is 9.13. The van der Waals surface area contributed by atoms with Crippen molar-refractivity contribution >= 4 is 17.5 Å². The van der Waals surface area contributed by atoms with Crippen LogP contribution in [-0.2, 0) is 0 Å². The lowest BCUT2D eigenvalue weighted by atomic mass is 9.98. The second kappa shape index (κ2) is 6.38. The van der Waals surface area contributed by atoms with Crippen LogP contribution in [0.25, 0.3) is 0 Å². The molecule has 0 aliphatic heterocycles. The van der Waals surface area contributed by atoms with Gasteiger partial charge in [-0.3, -0.25) is 4.79 Å². The minimum absolute atomic E-state index is 0.125. The van der Waals surface area contributed by atoms with Gasteiger partial charge in [0, 0.05) is 12.4 Å². The molecule has 4 heteroatoms. The van der Waals surface area contributed by atoms with Gasteiger partial charge in [-0.2, -0.15) is 0 Å². The third-order valence-corrected chi connectivity index (χ3v) is 4.37. The number of carbonyl (C=O) groups excluding carboxylic acids is 1. The molecule has 2 nitrogen and oxygen atoms in total. The number of benzene rings is 1. The van der Waals surface area contributed by atoms with Gasteiger partial charge < -0.3 is 5.32 Å². The van der Waals surface area contributed by atoms with Gasteiger partial charge >= 0.3 is 0 Å². The smallest absolute Gasteiger partial charge is 0.254 e. The fourth-order valence-electron chi connectivity index (χ4n) is 2.73. The Hall–Kier alpha value is -1.09. The van der Waals surface area contributed by atoms with E-state index in [1.807, 2.05) is 0 Å². The van der Waals surface area contributed by atoms with Crippen molar-refractivity contribution in [3.05, 3.63) is 35.1 Å². The number of carbonyl (C=O) groups is 1. The average Bonchev–Trinajstić information content (AvgIpc) is 2.86. The van der Waals surface area contributed by atoms with Crippen LogP contribution < -0.4 is 5.32 Å². The Morgan fingerprint density at radius 3 is 2.89 bits per heavy atom. The lowest BCUT2D eigenvalue weighted by Gasteiger charge is -2.17. The molecule has 2 unspecified atom stereocenters. The van der Waals surface area contributed by atoms with E-state index < -0.39 is 5.82 Å². The van der Waals surface area contributed by atoms with E-state index in [1.165, 1.54) is 6.07 Å². The highest BCUT2D eigenvalue weighted by Crippen LogP contribution is 2.32. The van der Waals surface area contributed by atoms with Crippen LogP contribution in [0, 0.1) is 24.6 Å². The molecule has 1 aromatic rings. The molecular weight excluding hydrogens is 265 g/mol. The van der Waals surface area contributed by atoms with E-state index in [0.717, 1.165) is 19.3 Å². The highest BCUT2D eigenvalue weighted by atomic mass is 35.5. The van der Waals surface area contributed by atoms with Crippen molar-refractivity contribution in [1.82, 2.24) is 5.32 Å². The average molecular weight is 284 g/mol. The first-order valence-electron chi connectivity index (χ1n) is 6.72. The van der Waals surface area contributed by atoms with E-state index in [1.54, 1.807) is 19.1 Å². The summed E-state index contributed by atoms with van der Waals surface area (Å²) in [6.45, 7) is 2.25. The molecule has 19 heavy (non-hydrogen) atoms. The number of amides is 1. The molecule has 0 bridgehead atoms. The molecule has 0 radical (unpaired) electrons. The molecule has 1 saturated carbocycles. The number of alkyl halides is 1. The van der Waals surface area contributed by atoms with Crippen LogP contribution in [0.2, 0.25) is 0 Å². The third-order valence-electron chi connectivity index (χ3n) is 3.98. The van der Waals surface area contributed by atoms with Gasteiger partial charge in [0.2, 0.25) is 0 Å². The van der Waals surface area contributed by atoms with Crippen molar-refractivity contribution in [3.8, 4) is 0 Å². The standard InChI is InChI=1S/C15H19ClFNO/c1-10-4-2-7-13(14(10)17)15(19)18-9-12-6-3-5-11(12)8-16/h2,4,7,11-12H,3,5-6,8-9H2,1H3,(H,18,19).